The average molecular weight is 689 g/mol. The molecule has 0 fully saturated rings. The van der Waals surface area contributed by atoms with E-state index in [1.54, 1.807) is 60.7 Å². The van der Waals surface area contributed by atoms with E-state index in [0.29, 0.717) is 15.6 Å². The van der Waals surface area contributed by atoms with Crippen molar-refractivity contribution in [2.45, 2.75) is 23.9 Å². The van der Waals surface area contributed by atoms with E-state index in [1.807, 2.05) is 30.3 Å². The van der Waals surface area contributed by atoms with Crippen molar-refractivity contribution in [3.8, 4) is 0 Å². The van der Waals surface area contributed by atoms with E-state index in [4.69, 9.17) is 23.2 Å². The van der Waals surface area contributed by atoms with Gasteiger partial charge in [0.15, 0.2) is 0 Å². The Hall–Kier alpha value is -3.37. The van der Waals surface area contributed by atoms with Crippen molar-refractivity contribution in [2.24, 2.45) is 0 Å². The molecule has 4 aromatic carbocycles. The largest absolute Gasteiger partial charge is 0.357 e. The second-order valence-corrected chi connectivity index (χ2v) is 12.9. The number of nitrogens with zero attached hydrogens (tertiary/aromatic N) is 2. The number of carbonyl (C=O) groups excluding carboxylic acids is 2. The third-order valence-electron chi connectivity index (χ3n) is 6.63. The van der Waals surface area contributed by atoms with Crippen LogP contribution in [0, 0.1) is 0 Å². The van der Waals surface area contributed by atoms with Crippen LogP contribution in [0.15, 0.2) is 112 Å². The summed E-state index contributed by atoms with van der Waals surface area (Å²) >= 11 is 16.4. The summed E-state index contributed by atoms with van der Waals surface area (Å²) in [7, 11) is -2.69. The summed E-state index contributed by atoms with van der Waals surface area (Å²) < 4.78 is 29.6. The maximum atomic E-state index is 14.3. The predicted octanol–water partition coefficient (Wildman–Crippen LogP) is 6.34. The Morgan fingerprint density at radius 1 is 0.833 bits per heavy atom. The summed E-state index contributed by atoms with van der Waals surface area (Å²) in [5, 5.41) is 3.28. The van der Waals surface area contributed by atoms with Gasteiger partial charge in [-0.25, -0.2) is 8.42 Å². The number of amides is 2. The number of nitrogens with one attached hydrogen (secondary N) is 1. The summed E-state index contributed by atoms with van der Waals surface area (Å²) in [5.74, 6) is -1.03. The zero-order valence-corrected chi connectivity index (χ0v) is 26.5. The molecule has 4 aromatic rings. The Labute approximate surface area is 264 Å². The predicted molar refractivity (Wildman–Crippen MR) is 170 cm³/mol. The fourth-order valence-corrected chi connectivity index (χ4v) is 6.65. The van der Waals surface area contributed by atoms with Crippen LogP contribution in [0.4, 0.5) is 5.69 Å². The quantitative estimate of drug-likeness (QED) is 0.199. The molecule has 0 radical (unpaired) electrons. The van der Waals surface area contributed by atoms with E-state index in [-0.39, 0.29) is 23.5 Å². The van der Waals surface area contributed by atoms with Crippen LogP contribution in [-0.2, 0) is 32.6 Å². The number of anilines is 1. The molecule has 0 aliphatic carbocycles. The molecule has 1 N–H and O–H groups in total. The van der Waals surface area contributed by atoms with E-state index in [0.717, 1.165) is 14.3 Å². The second kappa shape index (κ2) is 14.2. The van der Waals surface area contributed by atoms with Crippen molar-refractivity contribution < 1.29 is 18.0 Å². The molecule has 0 unspecified atom stereocenters. The molecular formula is C31H28BrCl2N3O4S. The van der Waals surface area contributed by atoms with E-state index >= 15 is 0 Å². The highest BCUT2D eigenvalue weighted by atomic mass is 79.9. The molecule has 0 spiro atoms. The number of carbonyl (C=O) groups is 2. The molecule has 0 aromatic heterocycles. The van der Waals surface area contributed by atoms with Gasteiger partial charge in [-0.2, -0.15) is 0 Å². The summed E-state index contributed by atoms with van der Waals surface area (Å²) in [6, 6.07) is 27.7. The molecule has 0 saturated heterocycles. The summed E-state index contributed by atoms with van der Waals surface area (Å²) in [6.45, 7) is -0.703. The second-order valence-electron chi connectivity index (χ2n) is 9.34. The number of rotatable bonds is 11. The zero-order chi connectivity index (χ0) is 30.3. The van der Waals surface area contributed by atoms with Crippen LogP contribution in [0.5, 0.6) is 0 Å². The average Bonchev–Trinajstić information content (AvgIpc) is 3.00. The van der Waals surface area contributed by atoms with Gasteiger partial charge in [-0.05, 0) is 54.1 Å². The molecule has 2 amide bonds. The summed E-state index contributed by atoms with van der Waals surface area (Å²) in [5.41, 5.74) is 1.54. The minimum Gasteiger partial charge on any atom is -0.357 e. The fraction of sp³-hybridized carbons (Fsp3) is 0.161. The maximum absolute atomic E-state index is 14.3. The molecule has 218 valence electrons. The third kappa shape index (κ3) is 7.52. The maximum Gasteiger partial charge on any atom is 0.264 e. The number of hydrogen-bond donors (Lipinski definition) is 1. The zero-order valence-electron chi connectivity index (χ0n) is 22.6. The Bertz CT molecular complexity index is 1620. The van der Waals surface area contributed by atoms with E-state index in [1.165, 1.54) is 24.1 Å². The molecular weight excluding hydrogens is 661 g/mol. The topological polar surface area (TPSA) is 86.8 Å². The minimum atomic E-state index is -4.18. The lowest BCUT2D eigenvalue weighted by atomic mass is 10.0. The lowest BCUT2D eigenvalue weighted by Gasteiger charge is -2.34. The summed E-state index contributed by atoms with van der Waals surface area (Å²) in [6.07, 6.45) is 0.179. The van der Waals surface area contributed by atoms with Gasteiger partial charge in [0, 0.05) is 40.1 Å². The van der Waals surface area contributed by atoms with Crippen molar-refractivity contribution in [3.05, 3.63) is 129 Å². The lowest BCUT2D eigenvalue weighted by Crippen LogP contribution is -2.53. The van der Waals surface area contributed by atoms with Crippen LogP contribution in [-0.4, -0.2) is 44.8 Å². The Kier molecular flexibility index (Phi) is 10.7. The highest BCUT2D eigenvalue weighted by molar-refractivity contribution is 9.10. The number of halogens is 3. The first-order valence-electron chi connectivity index (χ1n) is 12.9. The van der Waals surface area contributed by atoms with Gasteiger partial charge in [-0.15, -0.1) is 0 Å². The minimum absolute atomic E-state index is 0.0218. The first-order valence-corrected chi connectivity index (χ1v) is 15.9. The van der Waals surface area contributed by atoms with Gasteiger partial charge in [-0.1, -0.05) is 93.7 Å². The van der Waals surface area contributed by atoms with E-state index in [9.17, 15) is 18.0 Å². The molecule has 7 nitrogen and oxygen atoms in total. The Balaban J connectivity index is 1.81. The number of sulfonamides is 1. The molecule has 42 heavy (non-hydrogen) atoms. The van der Waals surface area contributed by atoms with Crippen LogP contribution in [0.3, 0.4) is 0 Å². The number of hydrogen-bond acceptors (Lipinski definition) is 4. The fourth-order valence-electron chi connectivity index (χ4n) is 4.43. The standard InChI is InChI=1S/C31H28BrCl2N3O4S/c1-35-31(39)29(19-22-9-4-2-5-10-22)36(20-26-27(33)13-8-14-28(26)34)30(38)21-37(24-17-15-23(32)16-18-24)42(40,41)25-11-6-3-7-12-25/h2-18,29H,19-21H2,1H3,(H,35,39)/t29-/m1/s1. The third-order valence-corrected chi connectivity index (χ3v) is 9.66. The first kappa shape index (κ1) is 31.6. The molecule has 0 aliphatic heterocycles. The van der Waals surface area contributed by atoms with Crippen LogP contribution >= 0.6 is 39.1 Å². The van der Waals surface area contributed by atoms with Crippen molar-refractivity contribution in [2.75, 3.05) is 17.9 Å². The van der Waals surface area contributed by atoms with Crippen LogP contribution in [0.2, 0.25) is 10.0 Å². The Morgan fingerprint density at radius 3 is 1.98 bits per heavy atom. The van der Waals surface area contributed by atoms with Crippen molar-refractivity contribution in [1.82, 2.24) is 10.2 Å². The molecule has 1 atom stereocenters. The normalized spacial score (nSPS) is 11.9. The van der Waals surface area contributed by atoms with Crippen LogP contribution in [0.1, 0.15) is 11.1 Å². The van der Waals surface area contributed by atoms with Gasteiger partial charge in [-0.3, -0.25) is 13.9 Å². The molecule has 0 aliphatic rings. The molecule has 0 saturated carbocycles. The van der Waals surface area contributed by atoms with E-state index in [2.05, 4.69) is 21.2 Å². The van der Waals surface area contributed by atoms with Crippen molar-refractivity contribution in [3.63, 3.8) is 0 Å². The SMILES string of the molecule is CNC(=O)[C@@H](Cc1ccccc1)N(Cc1c(Cl)cccc1Cl)C(=O)CN(c1ccc(Br)cc1)S(=O)(=O)c1ccccc1. The highest BCUT2D eigenvalue weighted by Crippen LogP contribution is 2.29. The summed E-state index contributed by atoms with van der Waals surface area (Å²) in [4.78, 5) is 29.0. The van der Waals surface area contributed by atoms with Gasteiger partial charge in [0.05, 0.1) is 10.6 Å². The van der Waals surface area contributed by atoms with Crippen molar-refractivity contribution in [1.29, 1.82) is 0 Å². The molecule has 11 heteroatoms. The van der Waals surface area contributed by atoms with Gasteiger partial charge in [0.25, 0.3) is 10.0 Å². The number of likely N-dealkylation sites (N-methyl/N-ethyl adjacent to an activating group) is 1. The van der Waals surface area contributed by atoms with E-state index < -0.39 is 34.4 Å². The highest BCUT2D eigenvalue weighted by Gasteiger charge is 2.34. The van der Waals surface area contributed by atoms with Crippen LogP contribution in [0.25, 0.3) is 0 Å². The monoisotopic (exact) mass is 687 g/mol. The van der Waals surface area contributed by atoms with Gasteiger partial charge in [0.1, 0.15) is 12.6 Å². The first-order chi connectivity index (χ1) is 20.1. The van der Waals surface area contributed by atoms with Gasteiger partial charge < -0.3 is 10.2 Å². The van der Waals surface area contributed by atoms with Gasteiger partial charge in [0.2, 0.25) is 11.8 Å². The van der Waals surface area contributed by atoms with Crippen LogP contribution < -0.4 is 9.62 Å². The number of benzene rings is 4. The van der Waals surface area contributed by atoms with Gasteiger partial charge >= 0.3 is 0 Å². The van der Waals surface area contributed by atoms with Crippen molar-refractivity contribution >= 4 is 66.7 Å². The molecule has 0 heterocycles. The molecule has 4 rings (SSSR count). The lowest BCUT2D eigenvalue weighted by molar-refractivity contribution is -0.139. The smallest absolute Gasteiger partial charge is 0.264 e. The Morgan fingerprint density at radius 2 is 1.40 bits per heavy atom. The molecule has 0 bridgehead atoms.